The maximum Gasteiger partial charge on any atom is 4.00 e. The molecule has 0 bridgehead atoms. The second-order valence-electron chi connectivity index (χ2n) is 0. The molecule has 0 aromatic rings. The zero-order valence-electron chi connectivity index (χ0n) is 1.84. The fourth-order valence-electron chi connectivity index (χ4n) is 0. The third-order valence-electron chi connectivity index (χ3n) is 0. The number of hydrogen-bond donors (Lipinski definition) is 0. The molecule has 1 nitrogen and oxygen atoms in total. The van der Waals surface area contributed by atoms with Crippen LogP contribution in [0.15, 0.2) is 0 Å². The van der Waals surface area contributed by atoms with Crippen molar-refractivity contribution in [1.82, 2.24) is 0 Å². The Morgan fingerprint density at radius 1 is 1.00 bits per heavy atom. The first-order valence-corrected chi connectivity index (χ1v) is 0. The van der Waals surface area contributed by atoms with Crippen LogP contribution in [-0.4, -0.2) is 17.4 Å². The van der Waals surface area contributed by atoms with E-state index >= 15 is 0 Å². The molecule has 0 fully saturated rings. The van der Waals surface area contributed by atoms with E-state index in [0.717, 1.165) is 0 Å². The molecule has 0 unspecified atom stereocenters. The molecular weight excluding hydrogens is 147 g/mol. The van der Waals surface area contributed by atoms with Crippen LogP contribution in [-0.2, 0) is 44.3 Å². The van der Waals surface area contributed by atoms with Gasteiger partial charge in [0, 0.05) is 0 Å². The SMILES string of the molecule is [Al+3].[Fe+2].[O-2].[Ti+4]. The van der Waals surface area contributed by atoms with Crippen molar-refractivity contribution in [3.8, 4) is 0 Å². The summed E-state index contributed by atoms with van der Waals surface area (Å²) >= 11 is 0. The standard InChI is InChI=1S/Al.Fe.O.Ti/q+3;+2;-2;+4. The Balaban J connectivity index is 0. The van der Waals surface area contributed by atoms with Crippen LogP contribution in [0.25, 0.3) is 0 Å². The van der Waals surface area contributed by atoms with Crippen molar-refractivity contribution in [3.05, 3.63) is 0 Å². The van der Waals surface area contributed by atoms with E-state index in [9.17, 15) is 0 Å². The summed E-state index contributed by atoms with van der Waals surface area (Å²) in [6.07, 6.45) is 0. The van der Waals surface area contributed by atoms with Crippen molar-refractivity contribution in [3.63, 3.8) is 0 Å². The second-order valence-corrected chi connectivity index (χ2v) is 0. The van der Waals surface area contributed by atoms with Crippen molar-refractivity contribution in [2.45, 2.75) is 0 Å². The van der Waals surface area contributed by atoms with Gasteiger partial charge in [0.15, 0.2) is 0 Å². The number of hydrogen-bond acceptors (Lipinski definition) is 0. The molecule has 4 heavy (non-hydrogen) atoms. The molecule has 0 amide bonds. The normalized spacial score (nSPS) is 0. The molecule has 4 heteroatoms. The molecule has 0 N–H and O–H groups in total. The Hall–Kier alpha value is 1.73. The summed E-state index contributed by atoms with van der Waals surface area (Å²) < 4.78 is 0. The molecule has 0 aliphatic heterocycles. The minimum Gasteiger partial charge on any atom is -2.00 e. The van der Waals surface area contributed by atoms with Crippen LogP contribution >= 0.6 is 0 Å². The van der Waals surface area contributed by atoms with Crippen molar-refractivity contribution < 1.29 is 44.3 Å². The second kappa shape index (κ2) is 22.0. The van der Waals surface area contributed by atoms with Gasteiger partial charge in [0.2, 0.25) is 0 Å². The average molecular weight is 147 g/mol. The minimum absolute atomic E-state index is 0. The predicted molar refractivity (Wildman–Crippen MR) is 6.44 cm³/mol. The molecule has 0 saturated carbocycles. The van der Waals surface area contributed by atoms with Crippen LogP contribution in [0.2, 0.25) is 0 Å². The predicted octanol–water partition coefficient (Wildman–Crippen LogP) is -0.505. The van der Waals surface area contributed by atoms with E-state index < -0.39 is 0 Å². The molecule has 0 saturated heterocycles. The van der Waals surface area contributed by atoms with Crippen LogP contribution in [0.3, 0.4) is 0 Å². The van der Waals surface area contributed by atoms with Gasteiger partial charge in [-0.1, -0.05) is 0 Å². The van der Waals surface area contributed by atoms with Crippen LogP contribution in [0, 0.1) is 0 Å². The molecule has 0 aliphatic carbocycles. The molecule has 0 rings (SSSR count). The molecule has 14 valence electrons. The zero-order chi connectivity index (χ0) is 0. The van der Waals surface area contributed by atoms with Crippen molar-refractivity contribution in [2.75, 3.05) is 0 Å². The Morgan fingerprint density at radius 2 is 1.00 bits per heavy atom. The van der Waals surface area contributed by atoms with E-state index in [2.05, 4.69) is 0 Å². The van der Waals surface area contributed by atoms with Gasteiger partial charge >= 0.3 is 56.1 Å². The van der Waals surface area contributed by atoms with E-state index in [1.807, 2.05) is 0 Å². The molecule has 0 aromatic carbocycles. The fourth-order valence-corrected chi connectivity index (χ4v) is 0. The summed E-state index contributed by atoms with van der Waals surface area (Å²) in [6.45, 7) is 0. The molecular formula is AlFeOTi+7. The van der Waals surface area contributed by atoms with E-state index in [4.69, 9.17) is 0 Å². The first-order valence-electron chi connectivity index (χ1n) is 0. The van der Waals surface area contributed by atoms with Gasteiger partial charge in [0.25, 0.3) is 0 Å². The van der Waals surface area contributed by atoms with Crippen molar-refractivity contribution in [2.24, 2.45) is 0 Å². The van der Waals surface area contributed by atoms with Crippen molar-refractivity contribution >= 4 is 17.4 Å². The van der Waals surface area contributed by atoms with E-state index in [1.54, 1.807) is 0 Å². The molecule has 0 heterocycles. The first-order chi connectivity index (χ1) is 0. The van der Waals surface area contributed by atoms with Gasteiger partial charge in [0.1, 0.15) is 0 Å². The van der Waals surface area contributed by atoms with Gasteiger partial charge in [-0.05, 0) is 0 Å². The van der Waals surface area contributed by atoms with Gasteiger partial charge in [-0.3, -0.25) is 0 Å². The van der Waals surface area contributed by atoms with Gasteiger partial charge in [-0.25, -0.2) is 0 Å². The minimum atomic E-state index is 0. The molecule has 0 aromatic heterocycles. The molecule has 0 radical (unpaired) electrons. The van der Waals surface area contributed by atoms with Gasteiger partial charge in [-0.15, -0.1) is 0 Å². The van der Waals surface area contributed by atoms with Crippen LogP contribution in [0.4, 0.5) is 0 Å². The maximum atomic E-state index is 0. The Labute approximate surface area is 61.3 Å². The largest absolute Gasteiger partial charge is 4.00 e. The van der Waals surface area contributed by atoms with Crippen LogP contribution in [0.5, 0.6) is 0 Å². The van der Waals surface area contributed by atoms with Gasteiger partial charge in [-0.2, -0.15) is 0 Å². The van der Waals surface area contributed by atoms with E-state index in [0.29, 0.717) is 0 Å². The Bertz CT molecular complexity index is 8.00. The monoisotopic (exact) mass is 147 g/mol. The third kappa shape index (κ3) is 9.29. The topological polar surface area (TPSA) is 28.5 Å². The quantitative estimate of drug-likeness (QED) is 0.413. The summed E-state index contributed by atoms with van der Waals surface area (Å²) in [7, 11) is 0. The molecule has 0 atom stereocenters. The summed E-state index contributed by atoms with van der Waals surface area (Å²) in [6, 6.07) is 0. The first kappa shape index (κ1) is 42.9. The van der Waals surface area contributed by atoms with E-state index in [-0.39, 0.29) is 61.6 Å². The Kier molecular flexibility index (Phi) is 236. The fraction of sp³-hybridized carbons (Fsp3) is 0. The Morgan fingerprint density at radius 3 is 1.00 bits per heavy atom. The third-order valence-corrected chi connectivity index (χ3v) is 0. The van der Waals surface area contributed by atoms with Crippen molar-refractivity contribution in [1.29, 1.82) is 0 Å². The maximum absolute atomic E-state index is 0. The summed E-state index contributed by atoms with van der Waals surface area (Å²) in [5, 5.41) is 0. The average Bonchev–Trinajstić information content (AvgIpc) is 0. The molecule has 0 aliphatic rings. The van der Waals surface area contributed by atoms with E-state index in [1.165, 1.54) is 0 Å². The van der Waals surface area contributed by atoms with Gasteiger partial charge < -0.3 is 5.48 Å². The summed E-state index contributed by atoms with van der Waals surface area (Å²) in [5.74, 6) is 0. The summed E-state index contributed by atoms with van der Waals surface area (Å²) in [5.41, 5.74) is 0. The smallest absolute Gasteiger partial charge is 2.00 e. The number of rotatable bonds is 0. The van der Waals surface area contributed by atoms with Crippen LogP contribution < -0.4 is 0 Å². The van der Waals surface area contributed by atoms with Crippen LogP contribution in [0.1, 0.15) is 0 Å². The summed E-state index contributed by atoms with van der Waals surface area (Å²) in [4.78, 5) is 0. The zero-order valence-corrected chi connectivity index (χ0v) is 5.66. The van der Waals surface area contributed by atoms with Gasteiger partial charge in [0.05, 0.1) is 0 Å². The molecule has 0 spiro atoms.